The molecule has 0 aromatic carbocycles. The lowest BCUT2D eigenvalue weighted by atomic mass is 10.1. The predicted octanol–water partition coefficient (Wildman–Crippen LogP) is 0.340. The van der Waals surface area contributed by atoms with E-state index in [9.17, 15) is 4.79 Å². The number of amides is 1. The van der Waals surface area contributed by atoms with Gasteiger partial charge >= 0.3 is 0 Å². The molecule has 0 aliphatic carbocycles. The number of anilines is 1. The van der Waals surface area contributed by atoms with Crippen LogP contribution in [0.15, 0.2) is 18.5 Å². The molecule has 0 bridgehead atoms. The van der Waals surface area contributed by atoms with Gasteiger partial charge < -0.3 is 14.5 Å². The number of likely N-dealkylation sites (N-methyl/N-ethyl adjacent to an activating group) is 1. The summed E-state index contributed by atoms with van der Waals surface area (Å²) < 4.78 is 7.21. The molecule has 0 spiro atoms. The van der Waals surface area contributed by atoms with Gasteiger partial charge in [-0.15, -0.1) is 15.3 Å². The zero-order valence-electron chi connectivity index (χ0n) is 13.1. The average Bonchev–Trinajstić information content (AvgIpc) is 3.16. The minimum Gasteiger partial charge on any atom is -0.378 e. The molecule has 23 heavy (non-hydrogen) atoms. The summed E-state index contributed by atoms with van der Waals surface area (Å²) in [5, 5.41) is 12.2. The van der Waals surface area contributed by atoms with Crippen molar-refractivity contribution < 1.29 is 9.53 Å². The topological polar surface area (TPSA) is 75.9 Å². The Hall–Kier alpha value is -2.22. The summed E-state index contributed by atoms with van der Waals surface area (Å²) in [7, 11) is 1.88. The van der Waals surface area contributed by atoms with E-state index in [2.05, 4.69) is 20.2 Å². The monoisotopic (exact) mass is 316 g/mol. The smallest absolute Gasteiger partial charge is 0.225 e. The van der Waals surface area contributed by atoms with E-state index in [0.29, 0.717) is 6.42 Å². The normalized spacial score (nSPS) is 21.6. The summed E-state index contributed by atoms with van der Waals surface area (Å²) in [6.45, 7) is 2.39. The van der Waals surface area contributed by atoms with Gasteiger partial charge in [-0.25, -0.2) is 0 Å². The van der Waals surface area contributed by atoms with E-state index in [1.807, 2.05) is 24.1 Å². The first kappa shape index (κ1) is 14.4. The number of aromatic nitrogens is 4. The van der Waals surface area contributed by atoms with Crippen LogP contribution in [0.1, 0.15) is 19.3 Å². The molecule has 4 rings (SSSR count). The van der Waals surface area contributed by atoms with Gasteiger partial charge in [0.1, 0.15) is 12.1 Å². The van der Waals surface area contributed by atoms with E-state index in [-0.39, 0.29) is 18.1 Å². The van der Waals surface area contributed by atoms with E-state index in [4.69, 9.17) is 4.74 Å². The predicted molar refractivity (Wildman–Crippen MR) is 83.1 cm³/mol. The maximum atomic E-state index is 12.3. The molecule has 1 atom stereocenters. The fourth-order valence-electron chi connectivity index (χ4n) is 3.12. The second kappa shape index (κ2) is 5.77. The quantitative estimate of drug-likeness (QED) is 0.810. The molecule has 122 valence electrons. The molecule has 2 aliphatic heterocycles. The first-order valence-electron chi connectivity index (χ1n) is 8.00. The first-order chi connectivity index (χ1) is 11.2. The van der Waals surface area contributed by atoms with Crippen LogP contribution in [0.25, 0.3) is 5.65 Å². The van der Waals surface area contributed by atoms with E-state index in [1.165, 1.54) is 0 Å². The third-order valence-electron chi connectivity index (χ3n) is 4.70. The minimum absolute atomic E-state index is 0.110. The maximum absolute atomic E-state index is 12.3. The van der Waals surface area contributed by atoms with Crippen molar-refractivity contribution in [3.63, 3.8) is 0 Å². The molecule has 2 aromatic rings. The van der Waals surface area contributed by atoms with Crippen molar-refractivity contribution in [3.05, 3.63) is 18.5 Å². The van der Waals surface area contributed by atoms with Crippen molar-refractivity contribution in [1.29, 1.82) is 0 Å². The number of hydrogen-bond acceptors (Lipinski definition) is 6. The molecule has 2 aliphatic rings. The van der Waals surface area contributed by atoms with Gasteiger partial charge in [0.25, 0.3) is 0 Å². The average molecular weight is 316 g/mol. The molecule has 2 fully saturated rings. The molecule has 2 aromatic heterocycles. The Labute approximate surface area is 134 Å². The van der Waals surface area contributed by atoms with Crippen LogP contribution in [-0.2, 0) is 9.53 Å². The fraction of sp³-hybridized carbons (Fsp3) is 0.600. The van der Waals surface area contributed by atoms with Crippen LogP contribution in [0.5, 0.6) is 0 Å². The summed E-state index contributed by atoms with van der Waals surface area (Å²) in [6.07, 6.45) is 4.26. The highest BCUT2D eigenvalue weighted by Crippen LogP contribution is 2.23. The molecular formula is C15H20N6O2. The van der Waals surface area contributed by atoms with Crippen molar-refractivity contribution in [2.45, 2.75) is 31.4 Å². The van der Waals surface area contributed by atoms with Gasteiger partial charge in [0.2, 0.25) is 5.91 Å². The summed E-state index contributed by atoms with van der Waals surface area (Å²) in [5.74, 6) is 1.05. The molecule has 0 N–H and O–H groups in total. The molecule has 8 nitrogen and oxygen atoms in total. The third-order valence-corrected chi connectivity index (χ3v) is 4.70. The van der Waals surface area contributed by atoms with E-state index < -0.39 is 0 Å². The number of carbonyl (C=O) groups is 1. The molecular weight excluding hydrogens is 296 g/mol. The Balaban J connectivity index is 1.33. The standard InChI is InChI=1S/C15H20N6O2/c1-19(15(22)7-12-3-2-6-23-12)11-8-20(9-11)14-5-4-13-17-16-10-21(13)18-14/h4-5,10-12H,2-3,6-9H2,1H3. The number of hydrogen-bond donors (Lipinski definition) is 0. The number of carbonyl (C=O) groups excluding carboxylic acids is 1. The molecule has 0 saturated carbocycles. The second-order valence-electron chi connectivity index (χ2n) is 6.23. The largest absolute Gasteiger partial charge is 0.378 e. The van der Waals surface area contributed by atoms with Crippen LogP contribution in [0.4, 0.5) is 5.82 Å². The number of ether oxygens (including phenoxy) is 1. The van der Waals surface area contributed by atoms with Gasteiger partial charge in [-0.05, 0) is 25.0 Å². The van der Waals surface area contributed by atoms with Crippen LogP contribution in [0.2, 0.25) is 0 Å². The summed E-state index contributed by atoms with van der Waals surface area (Å²) >= 11 is 0. The molecule has 2 saturated heterocycles. The summed E-state index contributed by atoms with van der Waals surface area (Å²) in [6, 6.07) is 4.07. The van der Waals surface area contributed by atoms with Crippen molar-refractivity contribution in [2.75, 3.05) is 31.6 Å². The second-order valence-corrected chi connectivity index (χ2v) is 6.23. The first-order valence-corrected chi connectivity index (χ1v) is 8.00. The van der Waals surface area contributed by atoms with Crippen LogP contribution >= 0.6 is 0 Å². The molecule has 8 heteroatoms. The number of nitrogens with zero attached hydrogens (tertiary/aromatic N) is 6. The van der Waals surface area contributed by atoms with Gasteiger partial charge in [0, 0.05) is 26.7 Å². The zero-order valence-corrected chi connectivity index (χ0v) is 13.1. The van der Waals surface area contributed by atoms with Gasteiger partial charge in [0.15, 0.2) is 5.65 Å². The Kier molecular flexibility index (Phi) is 3.60. The molecule has 4 heterocycles. The van der Waals surface area contributed by atoms with Crippen LogP contribution in [0, 0.1) is 0 Å². The van der Waals surface area contributed by atoms with Crippen molar-refractivity contribution >= 4 is 17.4 Å². The van der Waals surface area contributed by atoms with E-state index >= 15 is 0 Å². The van der Waals surface area contributed by atoms with Crippen LogP contribution < -0.4 is 4.90 Å². The number of rotatable bonds is 4. The Bertz CT molecular complexity index is 705. The van der Waals surface area contributed by atoms with Gasteiger partial charge in [-0.1, -0.05) is 0 Å². The van der Waals surface area contributed by atoms with E-state index in [0.717, 1.165) is 44.0 Å². The number of fused-ring (bicyclic) bond motifs is 1. The third kappa shape index (κ3) is 2.74. The fourth-order valence-corrected chi connectivity index (χ4v) is 3.12. The highest BCUT2D eigenvalue weighted by Gasteiger charge is 2.34. The summed E-state index contributed by atoms with van der Waals surface area (Å²) in [4.78, 5) is 16.3. The zero-order chi connectivity index (χ0) is 15.8. The van der Waals surface area contributed by atoms with E-state index in [1.54, 1.807) is 10.8 Å². The molecule has 1 amide bonds. The molecule has 0 radical (unpaired) electrons. The lowest BCUT2D eigenvalue weighted by molar-refractivity contribution is -0.134. The highest BCUT2D eigenvalue weighted by molar-refractivity contribution is 5.77. The van der Waals surface area contributed by atoms with Gasteiger partial charge in [-0.2, -0.15) is 4.52 Å². The SMILES string of the molecule is CN(C(=O)CC1CCCO1)C1CN(c2ccc3nncn3n2)C1. The van der Waals surface area contributed by atoms with Crippen molar-refractivity contribution in [1.82, 2.24) is 24.7 Å². The Morgan fingerprint density at radius 2 is 2.30 bits per heavy atom. The molecule has 1 unspecified atom stereocenters. The van der Waals surface area contributed by atoms with Crippen molar-refractivity contribution in [3.8, 4) is 0 Å². The lowest BCUT2D eigenvalue weighted by Crippen LogP contribution is -2.60. The Morgan fingerprint density at radius 3 is 3.09 bits per heavy atom. The van der Waals surface area contributed by atoms with Crippen molar-refractivity contribution in [2.24, 2.45) is 0 Å². The lowest BCUT2D eigenvalue weighted by Gasteiger charge is -2.44. The summed E-state index contributed by atoms with van der Waals surface area (Å²) in [5.41, 5.74) is 0.731. The van der Waals surface area contributed by atoms with Gasteiger partial charge in [-0.3, -0.25) is 4.79 Å². The van der Waals surface area contributed by atoms with Gasteiger partial charge in [0.05, 0.1) is 18.6 Å². The highest BCUT2D eigenvalue weighted by atomic mass is 16.5. The Morgan fingerprint density at radius 1 is 1.43 bits per heavy atom. The maximum Gasteiger partial charge on any atom is 0.225 e. The minimum atomic E-state index is 0.110. The van der Waals surface area contributed by atoms with Crippen LogP contribution in [0.3, 0.4) is 0 Å². The van der Waals surface area contributed by atoms with Crippen LogP contribution in [-0.4, -0.2) is 69.5 Å².